The van der Waals surface area contributed by atoms with Gasteiger partial charge in [-0.3, -0.25) is 4.79 Å². The van der Waals surface area contributed by atoms with Crippen LogP contribution in [0.1, 0.15) is 23.6 Å². The molecule has 0 bridgehead atoms. The number of Topliss-reactive ketones (excluding diaryl/α,β-unsaturated/α-hetero) is 1. The predicted molar refractivity (Wildman–Crippen MR) is 72.9 cm³/mol. The summed E-state index contributed by atoms with van der Waals surface area (Å²) in [6.45, 7) is 6.96. The van der Waals surface area contributed by atoms with E-state index in [1.54, 1.807) is 6.92 Å². The molecule has 0 saturated carbocycles. The fraction of sp³-hybridized carbons (Fsp3) is 0.333. The van der Waals surface area contributed by atoms with E-state index >= 15 is 0 Å². The molecule has 19 heavy (non-hydrogen) atoms. The van der Waals surface area contributed by atoms with Gasteiger partial charge >= 0.3 is 5.63 Å². The molecule has 0 atom stereocenters. The summed E-state index contributed by atoms with van der Waals surface area (Å²) >= 11 is 0. The van der Waals surface area contributed by atoms with Crippen LogP contribution >= 0.6 is 0 Å². The maximum Gasteiger partial charge on any atom is 0.379 e. The number of ether oxygens (including phenoxy) is 1. The zero-order chi connectivity index (χ0) is 14.2. The van der Waals surface area contributed by atoms with Crippen molar-refractivity contribution in [2.75, 3.05) is 6.61 Å². The standard InChI is InChI=1S/C15H16O4/c1-8-5-6-12-11(4)14(18-7-9(2)16)15(17)19-13(12)10(8)3/h5-6H,7H2,1-4H3. The van der Waals surface area contributed by atoms with Crippen molar-refractivity contribution in [2.45, 2.75) is 27.7 Å². The molecule has 0 amide bonds. The van der Waals surface area contributed by atoms with Crippen molar-refractivity contribution in [3.63, 3.8) is 0 Å². The van der Waals surface area contributed by atoms with Crippen molar-refractivity contribution in [3.8, 4) is 5.75 Å². The lowest BCUT2D eigenvalue weighted by Gasteiger charge is -2.10. The van der Waals surface area contributed by atoms with Crippen LogP contribution in [0.25, 0.3) is 11.0 Å². The van der Waals surface area contributed by atoms with Crippen LogP contribution in [0.15, 0.2) is 21.3 Å². The zero-order valence-corrected chi connectivity index (χ0v) is 11.5. The molecule has 0 unspecified atom stereocenters. The summed E-state index contributed by atoms with van der Waals surface area (Å²) in [5.74, 6) is -0.0232. The molecule has 0 N–H and O–H groups in total. The quantitative estimate of drug-likeness (QED) is 0.796. The first-order valence-electron chi connectivity index (χ1n) is 6.07. The van der Waals surface area contributed by atoms with Crippen LogP contribution in [0.4, 0.5) is 0 Å². The first-order valence-corrected chi connectivity index (χ1v) is 6.07. The van der Waals surface area contributed by atoms with Gasteiger partial charge in [-0.15, -0.1) is 0 Å². The molecule has 0 fully saturated rings. The lowest BCUT2D eigenvalue weighted by molar-refractivity contribution is -0.118. The normalized spacial score (nSPS) is 10.7. The van der Waals surface area contributed by atoms with E-state index in [2.05, 4.69) is 0 Å². The van der Waals surface area contributed by atoms with Gasteiger partial charge in [0.2, 0.25) is 5.75 Å². The molecule has 1 heterocycles. The van der Waals surface area contributed by atoms with Crippen LogP contribution < -0.4 is 10.4 Å². The van der Waals surface area contributed by atoms with Gasteiger partial charge in [-0.05, 0) is 38.8 Å². The van der Waals surface area contributed by atoms with Crippen molar-refractivity contribution in [1.29, 1.82) is 0 Å². The van der Waals surface area contributed by atoms with Gasteiger partial charge in [0.05, 0.1) is 0 Å². The number of hydrogen-bond donors (Lipinski definition) is 0. The van der Waals surface area contributed by atoms with Crippen molar-refractivity contribution in [3.05, 3.63) is 39.2 Å². The summed E-state index contributed by atoms with van der Waals surface area (Å²) in [5, 5.41) is 0.834. The van der Waals surface area contributed by atoms with Crippen LogP contribution in [-0.4, -0.2) is 12.4 Å². The molecular weight excluding hydrogens is 244 g/mol. The maximum atomic E-state index is 11.9. The summed E-state index contributed by atoms with van der Waals surface area (Å²) in [7, 11) is 0. The Morgan fingerprint density at radius 2 is 1.89 bits per heavy atom. The first kappa shape index (κ1) is 13.3. The lowest BCUT2D eigenvalue weighted by Crippen LogP contribution is -2.14. The average molecular weight is 260 g/mol. The molecule has 2 rings (SSSR count). The average Bonchev–Trinajstić information content (AvgIpc) is 2.34. The molecule has 1 aromatic heterocycles. The van der Waals surface area contributed by atoms with Gasteiger partial charge in [-0.25, -0.2) is 4.79 Å². The fourth-order valence-corrected chi connectivity index (χ4v) is 1.97. The van der Waals surface area contributed by atoms with E-state index in [0.717, 1.165) is 16.5 Å². The van der Waals surface area contributed by atoms with Crippen LogP contribution in [0, 0.1) is 20.8 Å². The molecule has 4 nitrogen and oxygen atoms in total. The van der Waals surface area contributed by atoms with Crippen LogP contribution in [0.3, 0.4) is 0 Å². The van der Waals surface area contributed by atoms with Crippen molar-refractivity contribution in [2.24, 2.45) is 0 Å². The number of ketones is 1. The first-order chi connectivity index (χ1) is 8.91. The van der Waals surface area contributed by atoms with E-state index < -0.39 is 5.63 Å². The highest BCUT2D eigenvalue weighted by Crippen LogP contribution is 2.27. The Kier molecular flexibility index (Phi) is 3.42. The van der Waals surface area contributed by atoms with Crippen molar-refractivity contribution in [1.82, 2.24) is 0 Å². The highest BCUT2D eigenvalue weighted by atomic mass is 16.5. The Balaban J connectivity index is 2.66. The van der Waals surface area contributed by atoms with Crippen LogP contribution in [-0.2, 0) is 4.79 Å². The van der Waals surface area contributed by atoms with Crippen LogP contribution in [0.5, 0.6) is 5.75 Å². The van der Waals surface area contributed by atoms with E-state index in [-0.39, 0.29) is 18.1 Å². The minimum Gasteiger partial charge on any atom is -0.478 e. The molecule has 100 valence electrons. The molecule has 0 spiro atoms. The van der Waals surface area contributed by atoms with E-state index in [1.165, 1.54) is 6.92 Å². The number of benzene rings is 1. The minimum absolute atomic E-state index is 0.117. The molecule has 2 aromatic rings. The monoisotopic (exact) mass is 260 g/mol. The van der Waals surface area contributed by atoms with Crippen molar-refractivity contribution >= 4 is 16.8 Å². The fourth-order valence-electron chi connectivity index (χ4n) is 1.97. The highest BCUT2D eigenvalue weighted by Gasteiger charge is 2.15. The third kappa shape index (κ3) is 2.38. The van der Waals surface area contributed by atoms with E-state index in [1.807, 2.05) is 26.0 Å². The largest absolute Gasteiger partial charge is 0.478 e. The zero-order valence-electron chi connectivity index (χ0n) is 11.5. The van der Waals surface area contributed by atoms with Gasteiger partial charge in [0.25, 0.3) is 0 Å². The number of carbonyl (C=O) groups excluding carboxylic acids is 1. The second-order valence-electron chi connectivity index (χ2n) is 4.72. The third-order valence-corrected chi connectivity index (χ3v) is 3.22. The lowest BCUT2D eigenvalue weighted by atomic mass is 10.0. The smallest absolute Gasteiger partial charge is 0.379 e. The number of aryl methyl sites for hydroxylation is 3. The molecule has 0 aliphatic rings. The summed E-state index contributed by atoms with van der Waals surface area (Å²) in [6.07, 6.45) is 0. The highest BCUT2D eigenvalue weighted by molar-refractivity contribution is 5.85. The molecule has 0 aliphatic heterocycles. The van der Waals surface area contributed by atoms with E-state index in [0.29, 0.717) is 11.1 Å². The summed E-state index contributed by atoms with van der Waals surface area (Å²) < 4.78 is 10.6. The Labute approximate surface area is 111 Å². The molecule has 0 aliphatic carbocycles. The van der Waals surface area contributed by atoms with Crippen LogP contribution in [0.2, 0.25) is 0 Å². The maximum absolute atomic E-state index is 11.9. The molecular formula is C15H16O4. The SMILES string of the molecule is CC(=O)COc1c(C)c2ccc(C)c(C)c2oc1=O. The van der Waals surface area contributed by atoms with Crippen molar-refractivity contribution < 1.29 is 13.9 Å². The second kappa shape index (κ2) is 4.88. The minimum atomic E-state index is -0.542. The van der Waals surface area contributed by atoms with Gasteiger partial charge in [0.15, 0.2) is 5.78 Å². The third-order valence-electron chi connectivity index (χ3n) is 3.22. The predicted octanol–water partition coefficient (Wildman–Crippen LogP) is 2.69. The second-order valence-corrected chi connectivity index (χ2v) is 4.72. The molecule has 1 aromatic carbocycles. The van der Waals surface area contributed by atoms with Gasteiger partial charge in [-0.1, -0.05) is 12.1 Å². The number of rotatable bonds is 3. The Morgan fingerprint density at radius 3 is 2.53 bits per heavy atom. The van der Waals surface area contributed by atoms with Gasteiger partial charge in [0.1, 0.15) is 12.2 Å². The Bertz CT molecular complexity index is 710. The molecule has 0 radical (unpaired) electrons. The molecule has 0 saturated heterocycles. The topological polar surface area (TPSA) is 56.5 Å². The van der Waals surface area contributed by atoms with Gasteiger partial charge in [-0.2, -0.15) is 0 Å². The molecule has 4 heteroatoms. The number of carbonyl (C=O) groups is 1. The van der Waals surface area contributed by atoms with E-state index in [4.69, 9.17) is 9.15 Å². The number of fused-ring (bicyclic) bond motifs is 1. The Hall–Kier alpha value is -2.10. The summed E-state index contributed by atoms with van der Waals surface area (Å²) in [5.41, 5.74) is 2.75. The number of hydrogen-bond acceptors (Lipinski definition) is 4. The van der Waals surface area contributed by atoms with E-state index in [9.17, 15) is 9.59 Å². The van der Waals surface area contributed by atoms with Gasteiger partial charge < -0.3 is 9.15 Å². The van der Waals surface area contributed by atoms with Gasteiger partial charge in [0, 0.05) is 10.9 Å². The Morgan fingerprint density at radius 1 is 1.21 bits per heavy atom. The summed E-state index contributed by atoms with van der Waals surface area (Å²) in [6, 6.07) is 3.87. The summed E-state index contributed by atoms with van der Waals surface area (Å²) in [4.78, 5) is 22.9.